The van der Waals surface area contributed by atoms with E-state index in [0.717, 1.165) is 36.2 Å². The first-order valence-corrected chi connectivity index (χ1v) is 10.2. The molecule has 164 valence electrons. The molecule has 0 amide bonds. The zero-order valence-corrected chi connectivity index (χ0v) is 16.8. The largest absolute Gasteiger partial charge is 0.573 e. The van der Waals surface area contributed by atoms with Crippen LogP contribution in [0.1, 0.15) is 12.5 Å². The van der Waals surface area contributed by atoms with Crippen molar-refractivity contribution in [3.63, 3.8) is 0 Å². The Morgan fingerprint density at radius 1 is 1.00 bits per heavy atom. The summed E-state index contributed by atoms with van der Waals surface area (Å²) in [7, 11) is 0. The Morgan fingerprint density at radius 3 is 2.31 bits per heavy atom. The Hall–Kier alpha value is -3.59. The number of fused-ring (bicyclic) bond motifs is 1. The molecule has 0 saturated carbocycles. The molecule has 0 spiro atoms. The molecule has 1 atom stereocenters. The Morgan fingerprint density at radius 2 is 1.69 bits per heavy atom. The summed E-state index contributed by atoms with van der Waals surface area (Å²) in [5.41, 5.74) is 3.47. The van der Waals surface area contributed by atoms with Crippen molar-refractivity contribution in [2.24, 2.45) is 0 Å². The number of benzene rings is 2. The number of hydrogen-bond acceptors (Lipinski definition) is 4. The van der Waals surface area contributed by atoms with Crippen LogP contribution in [0.3, 0.4) is 0 Å². The first-order chi connectivity index (χ1) is 15.4. The number of pyridine rings is 1. The number of nitrogens with zero attached hydrogens (tertiary/aromatic N) is 3. The summed E-state index contributed by atoms with van der Waals surface area (Å²) >= 11 is 0. The molecule has 4 aromatic rings. The molecule has 0 radical (unpaired) electrons. The Labute approximate surface area is 180 Å². The van der Waals surface area contributed by atoms with Gasteiger partial charge >= 0.3 is 12.1 Å². The van der Waals surface area contributed by atoms with E-state index in [0.29, 0.717) is 11.3 Å². The molecule has 1 aliphatic heterocycles. The van der Waals surface area contributed by atoms with Crippen LogP contribution in [-0.2, 0) is 0 Å². The van der Waals surface area contributed by atoms with Gasteiger partial charge in [-0.1, -0.05) is 24.3 Å². The molecule has 2 aromatic heterocycles. The highest BCUT2D eigenvalue weighted by molar-refractivity contribution is 5.75. The maximum absolute atomic E-state index is 13.3. The van der Waals surface area contributed by atoms with Crippen LogP contribution < -0.4 is 15.7 Å². The summed E-state index contributed by atoms with van der Waals surface area (Å²) in [6.07, 6.45) is -2.18. The van der Waals surface area contributed by atoms with Crippen LogP contribution >= 0.6 is 0 Å². The summed E-state index contributed by atoms with van der Waals surface area (Å²) < 4.78 is 44.4. The van der Waals surface area contributed by atoms with Gasteiger partial charge in [-0.2, -0.15) is 0 Å². The monoisotopic (exact) mass is 440 g/mol. The molecule has 0 aliphatic carbocycles. The van der Waals surface area contributed by atoms with Gasteiger partial charge in [0.05, 0.1) is 17.2 Å². The minimum absolute atomic E-state index is 0.0536. The van der Waals surface area contributed by atoms with Gasteiger partial charge in [0.25, 0.3) is 0 Å². The summed E-state index contributed by atoms with van der Waals surface area (Å²) in [5, 5.41) is 3.29. The third-order valence-electron chi connectivity index (χ3n) is 5.58. The molecule has 1 fully saturated rings. The van der Waals surface area contributed by atoms with Crippen molar-refractivity contribution in [1.82, 2.24) is 19.4 Å². The van der Waals surface area contributed by atoms with Crippen molar-refractivity contribution in [2.45, 2.75) is 18.8 Å². The van der Waals surface area contributed by atoms with Crippen LogP contribution in [0.25, 0.3) is 28.0 Å². The predicted molar refractivity (Wildman–Crippen MR) is 114 cm³/mol. The van der Waals surface area contributed by atoms with Gasteiger partial charge in [0.2, 0.25) is 0 Å². The van der Waals surface area contributed by atoms with E-state index in [1.54, 1.807) is 33.5 Å². The van der Waals surface area contributed by atoms with E-state index in [-0.39, 0.29) is 17.5 Å². The molecule has 6 nitrogen and oxygen atoms in total. The smallest absolute Gasteiger partial charge is 0.406 e. The molecule has 32 heavy (non-hydrogen) atoms. The van der Waals surface area contributed by atoms with Gasteiger partial charge in [-0.05, 0) is 60.5 Å². The van der Waals surface area contributed by atoms with E-state index in [1.165, 1.54) is 12.1 Å². The third-order valence-corrected chi connectivity index (χ3v) is 5.58. The summed E-state index contributed by atoms with van der Waals surface area (Å²) in [6.45, 7) is 1.58. The standard InChI is InChI=1S/C23H19F3N4O2/c24-23(25,26)32-19-9-5-16(6-10-19)15-3-7-17(8-4-15)29-20-2-1-12-28-21(20)30(22(29)31)18-11-13-27-14-18/h1-10,12,18,27H,11,13-14H2/t18-/m0/s1. The molecule has 0 unspecified atom stereocenters. The van der Waals surface area contributed by atoms with Gasteiger partial charge < -0.3 is 10.1 Å². The molecule has 1 saturated heterocycles. The van der Waals surface area contributed by atoms with E-state index in [1.807, 2.05) is 30.3 Å². The number of imidazole rings is 1. The maximum atomic E-state index is 13.3. The fraction of sp³-hybridized carbons (Fsp3) is 0.217. The number of alkyl halides is 3. The van der Waals surface area contributed by atoms with Gasteiger partial charge in [-0.3, -0.25) is 9.13 Å². The lowest BCUT2D eigenvalue weighted by Crippen LogP contribution is -2.28. The highest BCUT2D eigenvalue weighted by Gasteiger charge is 2.31. The first-order valence-electron chi connectivity index (χ1n) is 10.2. The summed E-state index contributed by atoms with van der Waals surface area (Å²) in [4.78, 5) is 17.8. The van der Waals surface area contributed by atoms with E-state index in [9.17, 15) is 18.0 Å². The van der Waals surface area contributed by atoms with Crippen LogP contribution in [0.15, 0.2) is 71.7 Å². The van der Waals surface area contributed by atoms with Gasteiger partial charge in [-0.15, -0.1) is 13.2 Å². The molecular weight excluding hydrogens is 421 g/mol. The first kappa shape index (κ1) is 20.3. The minimum atomic E-state index is -4.72. The molecule has 3 heterocycles. The Balaban J connectivity index is 1.50. The lowest BCUT2D eigenvalue weighted by atomic mass is 10.1. The highest BCUT2D eigenvalue weighted by Crippen LogP contribution is 2.28. The quantitative estimate of drug-likeness (QED) is 0.515. The van der Waals surface area contributed by atoms with Gasteiger partial charge in [0.15, 0.2) is 5.65 Å². The average Bonchev–Trinajstić information content (AvgIpc) is 3.39. The van der Waals surface area contributed by atoms with Crippen LogP contribution in [0.4, 0.5) is 13.2 Å². The number of ether oxygens (including phenoxy) is 1. The lowest BCUT2D eigenvalue weighted by Gasteiger charge is -2.10. The van der Waals surface area contributed by atoms with Crippen molar-refractivity contribution in [3.05, 3.63) is 77.3 Å². The average molecular weight is 440 g/mol. The lowest BCUT2D eigenvalue weighted by molar-refractivity contribution is -0.274. The number of nitrogens with one attached hydrogen (secondary N) is 1. The zero-order valence-electron chi connectivity index (χ0n) is 16.8. The van der Waals surface area contributed by atoms with Crippen LogP contribution in [0.5, 0.6) is 5.75 Å². The predicted octanol–water partition coefficient (Wildman–Crippen LogP) is 4.29. The van der Waals surface area contributed by atoms with E-state index >= 15 is 0 Å². The van der Waals surface area contributed by atoms with Gasteiger partial charge in [-0.25, -0.2) is 9.78 Å². The zero-order chi connectivity index (χ0) is 22.3. The van der Waals surface area contributed by atoms with E-state index in [2.05, 4.69) is 15.0 Å². The van der Waals surface area contributed by atoms with Crippen molar-refractivity contribution in [1.29, 1.82) is 0 Å². The van der Waals surface area contributed by atoms with E-state index in [4.69, 9.17) is 0 Å². The normalized spacial score (nSPS) is 16.5. The second-order valence-electron chi connectivity index (χ2n) is 7.60. The number of aromatic nitrogens is 3. The number of halogens is 3. The second kappa shape index (κ2) is 7.83. The van der Waals surface area contributed by atoms with Gasteiger partial charge in [0.1, 0.15) is 5.75 Å². The number of rotatable bonds is 4. The molecule has 1 N–H and O–H groups in total. The van der Waals surface area contributed by atoms with Crippen molar-refractivity contribution >= 4 is 11.2 Å². The summed E-state index contributed by atoms with van der Waals surface area (Å²) in [6, 6.07) is 16.7. The molecule has 1 aliphatic rings. The van der Waals surface area contributed by atoms with Crippen molar-refractivity contribution < 1.29 is 17.9 Å². The highest BCUT2D eigenvalue weighted by atomic mass is 19.4. The van der Waals surface area contributed by atoms with Crippen molar-refractivity contribution in [2.75, 3.05) is 13.1 Å². The summed E-state index contributed by atoms with van der Waals surface area (Å²) in [5.74, 6) is -0.272. The Bertz CT molecular complexity index is 1300. The molecule has 0 bridgehead atoms. The third kappa shape index (κ3) is 3.75. The number of hydrogen-bond donors (Lipinski definition) is 1. The van der Waals surface area contributed by atoms with Crippen molar-refractivity contribution in [3.8, 4) is 22.6 Å². The Kier molecular flexibility index (Phi) is 4.97. The second-order valence-corrected chi connectivity index (χ2v) is 7.60. The maximum Gasteiger partial charge on any atom is 0.573 e. The van der Waals surface area contributed by atoms with Gasteiger partial charge in [0, 0.05) is 12.7 Å². The fourth-order valence-corrected chi connectivity index (χ4v) is 4.14. The molecule has 9 heteroatoms. The van der Waals surface area contributed by atoms with Crippen LogP contribution in [0.2, 0.25) is 0 Å². The molecular formula is C23H19F3N4O2. The molecule has 5 rings (SSSR count). The van der Waals surface area contributed by atoms with Crippen LogP contribution in [0, 0.1) is 0 Å². The fourth-order valence-electron chi connectivity index (χ4n) is 4.14. The minimum Gasteiger partial charge on any atom is -0.406 e. The van der Waals surface area contributed by atoms with Crippen LogP contribution in [-0.4, -0.2) is 33.6 Å². The topological polar surface area (TPSA) is 61.1 Å². The van der Waals surface area contributed by atoms with E-state index < -0.39 is 6.36 Å². The molecule has 2 aromatic carbocycles. The SMILES string of the molecule is O=c1n(-c2ccc(-c3ccc(OC(F)(F)F)cc3)cc2)c2cccnc2n1[C@H]1CCNC1.